The maximum Gasteiger partial charge on any atom is 0.256 e. The molecule has 1 aromatic rings. The van der Waals surface area contributed by atoms with E-state index in [1.807, 2.05) is 20.8 Å². The van der Waals surface area contributed by atoms with Crippen LogP contribution in [0.4, 0.5) is 5.69 Å². The van der Waals surface area contributed by atoms with Gasteiger partial charge >= 0.3 is 0 Å². The van der Waals surface area contributed by atoms with Crippen LogP contribution in [-0.4, -0.2) is 24.7 Å². The van der Waals surface area contributed by atoms with E-state index < -0.39 is 5.60 Å². The van der Waals surface area contributed by atoms with Gasteiger partial charge < -0.3 is 14.8 Å². The summed E-state index contributed by atoms with van der Waals surface area (Å²) in [6, 6.07) is 7.24. The molecule has 0 aliphatic rings. The summed E-state index contributed by atoms with van der Waals surface area (Å²) in [5.41, 5.74) is -0.0651. The molecule has 1 rings (SSSR count). The second kappa shape index (κ2) is 10.0. The summed E-state index contributed by atoms with van der Waals surface area (Å²) in [7, 11) is 0. The zero-order valence-electron chi connectivity index (χ0n) is 16.0. The van der Waals surface area contributed by atoms with Crippen molar-refractivity contribution in [3.63, 3.8) is 0 Å². The summed E-state index contributed by atoms with van der Waals surface area (Å²) < 4.78 is 11.4. The van der Waals surface area contributed by atoms with Crippen molar-refractivity contribution in [3.05, 3.63) is 23.8 Å². The predicted octanol–water partition coefficient (Wildman–Crippen LogP) is 4.52. The van der Waals surface area contributed by atoms with E-state index in [0.717, 1.165) is 12.8 Å². The zero-order chi connectivity index (χ0) is 18.9. The van der Waals surface area contributed by atoms with Gasteiger partial charge in [-0.25, -0.2) is 0 Å². The Morgan fingerprint density at radius 2 is 1.96 bits per heavy atom. The van der Waals surface area contributed by atoms with Gasteiger partial charge in [0.1, 0.15) is 17.4 Å². The number of hydrogen-bond acceptors (Lipinski definition) is 4. The first-order valence-corrected chi connectivity index (χ1v) is 8.98. The molecule has 1 N–H and O–H groups in total. The van der Waals surface area contributed by atoms with Crippen LogP contribution in [0.1, 0.15) is 59.4 Å². The fourth-order valence-corrected chi connectivity index (χ4v) is 2.61. The van der Waals surface area contributed by atoms with Crippen molar-refractivity contribution in [1.82, 2.24) is 0 Å². The highest BCUT2D eigenvalue weighted by molar-refractivity contribution is 5.98. The van der Waals surface area contributed by atoms with Gasteiger partial charge in [-0.2, -0.15) is 5.26 Å². The van der Waals surface area contributed by atoms with Crippen LogP contribution >= 0.6 is 0 Å². The van der Waals surface area contributed by atoms with E-state index in [4.69, 9.17) is 9.47 Å². The normalized spacial score (nSPS) is 13.2. The van der Waals surface area contributed by atoms with Crippen molar-refractivity contribution in [1.29, 1.82) is 5.26 Å². The summed E-state index contributed by atoms with van der Waals surface area (Å²) in [6.07, 6.45) is 2.34. The van der Waals surface area contributed by atoms with Crippen molar-refractivity contribution in [3.8, 4) is 11.8 Å². The summed E-state index contributed by atoms with van der Waals surface area (Å²) in [6.45, 7) is 11.1. The fourth-order valence-electron chi connectivity index (χ4n) is 2.61. The molecule has 0 aliphatic heterocycles. The molecule has 0 bridgehead atoms. The fraction of sp³-hybridized carbons (Fsp3) is 0.600. The number of anilines is 1. The highest BCUT2D eigenvalue weighted by Gasteiger charge is 2.35. The second-order valence-electron chi connectivity index (χ2n) is 6.80. The average Bonchev–Trinajstić information content (AvgIpc) is 2.58. The van der Waals surface area contributed by atoms with Crippen molar-refractivity contribution >= 4 is 11.6 Å². The van der Waals surface area contributed by atoms with Crippen LogP contribution < -0.4 is 10.1 Å². The average molecular weight is 346 g/mol. The maximum absolute atomic E-state index is 12.8. The molecule has 0 spiro atoms. The summed E-state index contributed by atoms with van der Waals surface area (Å²) in [5.74, 6) is 0.713. The van der Waals surface area contributed by atoms with Gasteiger partial charge in [0.25, 0.3) is 5.91 Å². The van der Waals surface area contributed by atoms with E-state index in [1.165, 1.54) is 0 Å². The largest absolute Gasteiger partial charge is 0.494 e. The third-order valence-electron chi connectivity index (χ3n) is 3.74. The zero-order valence-corrected chi connectivity index (χ0v) is 16.0. The maximum atomic E-state index is 12.8. The Kier molecular flexibility index (Phi) is 8.44. The van der Waals surface area contributed by atoms with Gasteiger partial charge in [0.2, 0.25) is 0 Å². The molecule has 1 aromatic carbocycles. The molecular formula is C20H30N2O3. The number of amides is 1. The standard InChI is InChI=1S/C20H30N2O3/c1-6-10-24-17-8-9-18(16(12-17)14-21)22-19(23)20(5,13-15(3)4)25-11-7-2/h8-9,12,15H,6-7,10-11,13H2,1-5H3,(H,22,23). The van der Waals surface area contributed by atoms with Gasteiger partial charge in [0.05, 0.1) is 17.9 Å². The number of nitrogens with one attached hydrogen (secondary N) is 1. The Morgan fingerprint density at radius 1 is 1.28 bits per heavy atom. The minimum atomic E-state index is -0.922. The molecule has 0 saturated heterocycles. The highest BCUT2D eigenvalue weighted by atomic mass is 16.5. The summed E-state index contributed by atoms with van der Waals surface area (Å²) in [4.78, 5) is 12.8. The number of ether oxygens (including phenoxy) is 2. The van der Waals surface area contributed by atoms with E-state index in [1.54, 1.807) is 18.2 Å². The first kappa shape index (κ1) is 21.0. The molecule has 0 radical (unpaired) electrons. The second-order valence-corrected chi connectivity index (χ2v) is 6.80. The van der Waals surface area contributed by atoms with Crippen LogP contribution in [0, 0.1) is 17.2 Å². The molecule has 0 aromatic heterocycles. The van der Waals surface area contributed by atoms with Crippen LogP contribution in [0.15, 0.2) is 18.2 Å². The molecule has 138 valence electrons. The Balaban J connectivity index is 2.97. The minimum Gasteiger partial charge on any atom is -0.494 e. The highest BCUT2D eigenvalue weighted by Crippen LogP contribution is 2.26. The molecule has 0 aliphatic carbocycles. The Bertz CT molecular complexity index is 607. The summed E-state index contributed by atoms with van der Waals surface area (Å²) >= 11 is 0. The minimum absolute atomic E-state index is 0.228. The number of carbonyl (C=O) groups excluding carboxylic acids is 1. The van der Waals surface area contributed by atoms with E-state index in [0.29, 0.717) is 42.6 Å². The lowest BCUT2D eigenvalue weighted by molar-refractivity contribution is -0.141. The first-order chi connectivity index (χ1) is 11.9. The number of rotatable bonds is 10. The molecule has 0 fully saturated rings. The van der Waals surface area contributed by atoms with Crippen LogP contribution in [0.3, 0.4) is 0 Å². The predicted molar refractivity (Wildman–Crippen MR) is 99.7 cm³/mol. The third kappa shape index (κ3) is 6.39. The van der Waals surface area contributed by atoms with Gasteiger partial charge in [-0.3, -0.25) is 4.79 Å². The smallest absolute Gasteiger partial charge is 0.256 e. The quantitative estimate of drug-likeness (QED) is 0.676. The topological polar surface area (TPSA) is 71.3 Å². The van der Waals surface area contributed by atoms with Crippen molar-refractivity contribution in [2.75, 3.05) is 18.5 Å². The van der Waals surface area contributed by atoms with Crippen LogP contribution in [0.25, 0.3) is 0 Å². The third-order valence-corrected chi connectivity index (χ3v) is 3.74. The van der Waals surface area contributed by atoms with E-state index in [2.05, 4.69) is 25.2 Å². The van der Waals surface area contributed by atoms with E-state index in [9.17, 15) is 10.1 Å². The Hall–Kier alpha value is -2.06. The lowest BCUT2D eigenvalue weighted by Gasteiger charge is -2.30. The molecule has 1 amide bonds. The van der Waals surface area contributed by atoms with E-state index in [-0.39, 0.29) is 5.91 Å². The van der Waals surface area contributed by atoms with Crippen molar-refractivity contribution < 1.29 is 14.3 Å². The van der Waals surface area contributed by atoms with Gasteiger partial charge in [0.15, 0.2) is 0 Å². The lowest BCUT2D eigenvalue weighted by Crippen LogP contribution is -2.44. The van der Waals surface area contributed by atoms with Crippen LogP contribution in [-0.2, 0) is 9.53 Å². The number of nitriles is 1. The molecule has 0 saturated carbocycles. The van der Waals surface area contributed by atoms with Gasteiger partial charge in [-0.15, -0.1) is 0 Å². The molecule has 25 heavy (non-hydrogen) atoms. The van der Waals surface area contributed by atoms with Crippen molar-refractivity contribution in [2.24, 2.45) is 5.92 Å². The van der Waals surface area contributed by atoms with Crippen LogP contribution in [0.5, 0.6) is 5.75 Å². The molecule has 0 heterocycles. The molecule has 1 unspecified atom stereocenters. The number of nitrogens with zero attached hydrogens (tertiary/aromatic N) is 1. The summed E-state index contributed by atoms with van der Waals surface area (Å²) in [5, 5.41) is 12.2. The number of hydrogen-bond donors (Lipinski definition) is 1. The monoisotopic (exact) mass is 346 g/mol. The van der Waals surface area contributed by atoms with Crippen molar-refractivity contribution in [2.45, 2.75) is 59.5 Å². The van der Waals surface area contributed by atoms with Crippen LogP contribution in [0.2, 0.25) is 0 Å². The number of benzene rings is 1. The van der Waals surface area contributed by atoms with Gasteiger partial charge in [-0.05, 0) is 50.3 Å². The molecular weight excluding hydrogens is 316 g/mol. The molecule has 5 nitrogen and oxygen atoms in total. The molecule has 1 atom stereocenters. The molecule has 5 heteroatoms. The first-order valence-electron chi connectivity index (χ1n) is 8.98. The van der Waals surface area contributed by atoms with Gasteiger partial charge in [-0.1, -0.05) is 27.7 Å². The SMILES string of the molecule is CCCOc1ccc(NC(=O)C(C)(CC(C)C)OCCC)c(C#N)c1. The van der Waals surface area contributed by atoms with Gasteiger partial charge in [0, 0.05) is 6.61 Å². The van der Waals surface area contributed by atoms with E-state index >= 15 is 0 Å². The Morgan fingerprint density at radius 3 is 2.52 bits per heavy atom. The Labute approximate surface area is 151 Å². The lowest BCUT2D eigenvalue weighted by atomic mass is 9.92. The number of carbonyl (C=O) groups is 1.